The molecule has 8 aromatic carbocycles. The molecule has 8 aromatic rings. The Morgan fingerprint density at radius 3 is 1.30 bits per heavy atom. The third-order valence-electron chi connectivity index (χ3n) is 14.0. The largest absolute Gasteiger partial charge is 0.143 e. The van der Waals surface area contributed by atoms with Crippen LogP contribution in [0.3, 0.4) is 0 Å². The molecule has 272 valence electrons. The molecule has 0 spiro atoms. The minimum absolute atomic E-state index is 0.143. The lowest BCUT2D eigenvalue weighted by atomic mass is 9.71. The molecule has 0 fully saturated rings. The molecule has 0 N–H and O–H groups in total. The van der Waals surface area contributed by atoms with Crippen LogP contribution in [-0.4, -0.2) is 0 Å². The van der Waals surface area contributed by atoms with Crippen LogP contribution in [-0.2, 0) is 22.7 Å². The topological polar surface area (TPSA) is 0 Å². The molecule has 0 heterocycles. The fraction of sp³-hybridized carbons (Fsp3) is 0.200. The first-order valence-corrected chi connectivity index (χ1v) is 20.8. The van der Waals surface area contributed by atoms with Crippen molar-refractivity contribution in [2.45, 2.75) is 76.0 Å². The van der Waals surface area contributed by atoms with Crippen molar-refractivity contribution >= 4 is 34.2 Å². The summed E-state index contributed by atoms with van der Waals surface area (Å²) in [6, 6.07) is 50.9. The average molecular weight is 739 g/mol. The van der Waals surface area contributed by atoms with E-state index in [9.17, 15) is 0 Å². The van der Waals surface area contributed by atoms with Gasteiger partial charge in [-0.1, -0.05) is 158 Å². The smallest absolute Gasteiger partial charge is 0.0165 e. The first-order chi connectivity index (χ1) is 26.9. The molecule has 0 saturated heterocycles. The molecular formula is C55H46S. The molecule has 3 aliphatic rings. The van der Waals surface area contributed by atoms with Crippen LogP contribution in [0.25, 0.3) is 77.2 Å². The average Bonchev–Trinajstić information content (AvgIpc) is 3.69. The minimum Gasteiger partial charge on any atom is -0.143 e. The molecule has 0 aliphatic heterocycles. The highest BCUT2D eigenvalue weighted by Gasteiger charge is 2.52. The van der Waals surface area contributed by atoms with Crippen molar-refractivity contribution in [2.24, 2.45) is 0 Å². The van der Waals surface area contributed by atoms with Crippen LogP contribution in [0.5, 0.6) is 0 Å². The molecule has 0 saturated carbocycles. The monoisotopic (exact) mass is 738 g/mol. The van der Waals surface area contributed by atoms with Gasteiger partial charge in [0, 0.05) is 21.1 Å². The van der Waals surface area contributed by atoms with Crippen LogP contribution in [0.15, 0.2) is 138 Å². The third-order valence-corrected chi connectivity index (χ3v) is 14.3. The Morgan fingerprint density at radius 2 is 0.804 bits per heavy atom. The van der Waals surface area contributed by atoms with Crippen LogP contribution in [0, 0.1) is 0 Å². The van der Waals surface area contributed by atoms with E-state index in [1.165, 1.54) is 116 Å². The highest BCUT2D eigenvalue weighted by Crippen LogP contribution is 2.68. The maximum atomic E-state index is 4.71. The maximum absolute atomic E-state index is 4.71. The summed E-state index contributed by atoms with van der Waals surface area (Å²) in [5.74, 6) is 0. The Kier molecular flexibility index (Phi) is 6.88. The van der Waals surface area contributed by atoms with Crippen molar-refractivity contribution in [1.82, 2.24) is 0 Å². The molecule has 0 aromatic heterocycles. The van der Waals surface area contributed by atoms with Crippen molar-refractivity contribution < 1.29 is 0 Å². The van der Waals surface area contributed by atoms with E-state index in [0.29, 0.717) is 0 Å². The first kappa shape index (κ1) is 33.9. The summed E-state index contributed by atoms with van der Waals surface area (Å²) in [5, 5.41) is 5.18. The van der Waals surface area contributed by atoms with Gasteiger partial charge in [0.25, 0.3) is 0 Å². The Labute approximate surface area is 336 Å². The van der Waals surface area contributed by atoms with Crippen LogP contribution >= 0.6 is 12.6 Å². The zero-order chi connectivity index (χ0) is 38.5. The standard InChI is InChI=1S/C55H46S/c1-8-31-21-23-32(24-22-31)46-36-16-10-9-15-35(36)45(33-25-27-34(56)28-26-33)39-29-41-44(30-40(39)46)55(6,7)52-48-38-18-12-13-19-42(38)53(2,3)50(48)47-37-17-11-14-20-43(37)54(4,5)51(47)49(41)52/h9-30,56H,8H2,1-7H3. The molecule has 3 aliphatic carbocycles. The Balaban J connectivity index is 1.35. The summed E-state index contributed by atoms with van der Waals surface area (Å²) in [6.45, 7) is 17.1. The van der Waals surface area contributed by atoms with Gasteiger partial charge in [-0.15, -0.1) is 12.6 Å². The summed E-state index contributed by atoms with van der Waals surface area (Å²) in [7, 11) is 0. The lowest BCUT2D eigenvalue weighted by Crippen LogP contribution is -2.22. The Bertz CT molecular complexity index is 3010. The number of thiol groups is 1. The predicted molar refractivity (Wildman–Crippen MR) is 242 cm³/mol. The van der Waals surface area contributed by atoms with Crippen LogP contribution < -0.4 is 0 Å². The fourth-order valence-corrected chi connectivity index (χ4v) is 11.6. The summed E-state index contributed by atoms with van der Waals surface area (Å²) in [4.78, 5) is 0.973. The second-order valence-electron chi connectivity index (χ2n) is 18.1. The second-order valence-corrected chi connectivity index (χ2v) is 18.6. The number of fused-ring (bicyclic) bond motifs is 14. The Hall–Kier alpha value is -5.37. The first-order valence-electron chi connectivity index (χ1n) is 20.3. The van der Waals surface area contributed by atoms with E-state index in [0.717, 1.165) is 11.3 Å². The normalized spacial score (nSPS) is 16.0. The molecule has 0 radical (unpaired) electrons. The van der Waals surface area contributed by atoms with Gasteiger partial charge in [-0.3, -0.25) is 0 Å². The van der Waals surface area contributed by atoms with E-state index in [4.69, 9.17) is 12.6 Å². The minimum atomic E-state index is -0.251. The van der Waals surface area contributed by atoms with E-state index in [1.807, 2.05) is 0 Å². The number of aryl methyl sites for hydroxylation is 1. The lowest BCUT2D eigenvalue weighted by molar-refractivity contribution is 0.636. The van der Waals surface area contributed by atoms with Crippen LogP contribution in [0.2, 0.25) is 0 Å². The molecule has 0 atom stereocenters. The highest BCUT2D eigenvalue weighted by molar-refractivity contribution is 7.80. The van der Waals surface area contributed by atoms with E-state index < -0.39 is 0 Å². The molecule has 56 heavy (non-hydrogen) atoms. The van der Waals surface area contributed by atoms with Crippen molar-refractivity contribution in [3.8, 4) is 55.6 Å². The van der Waals surface area contributed by atoms with Gasteiger partial charge in [-0.2, -0.15) is 0 Å². The van der Waals surface area contributed by atoms with E-state index in [2.05, 4.69) is 182 Å². The van der Waals surface area contributed by atoms with E-state index in [-0.39, 0.29) is 16.2 Å². The zero-order valence-electron chi connectivity index (χ0n) is 33.4. The summed E-state index contributed by atoms with van der Waals surface area (Å²) in [5.41, 5.74) is 23.2. The number of hydrogen-bond donors (Lipinski definition) is 1. The summed E-state index contributed by atoms with van der Waals surface area (Å²) >= 11 is 4.71. The molecule has 1 heteroatoms. The summed E-state index contributed by atoms with van der Waals surface area (Å²) < 4.78 is 0. The molecular weight excluding hydrogens is 693 g/mol. The van der Waals surface area contributed by atoms with Gasteiger partial charge in [0.1, 0.15) is 0 Å². The number of benzene rings is 8. The third kappa shape index (κ3) is 4.22. The van der Waals surface area contributed by atoms with Crippen molar-refractivity contribution in [1.29, 1.82) is 0 Å². The van der Waals surface area contributed by atoms with Gasteiger partial charge in [0.15, 0.2) is 0 Å². The summed E-state index contributed by atoms with van der Waals surface area (Å²) in [6.07, 6.45) is 1.02. The quantitative estimate of drug-likeness (QED) is 0.135. The van der Waals surface area contributed by atoms with Crippen molar-refractivity contribution in [3.05, 3.63) is 172 Å². The molecule has 0 amide bonds. The van der Waals surface area contributed by atoms with Crippen molar-refractivity contribution in [2.75, 3.05) is 0 Å². The molecule has 11 rings (SSSR count). The lowest BCUT2D eigenvalue weighted by Gasteiger charge is -2.31. The predicted octanol–water partition coefficient (Wildman–Crippen LogP) is 15.1. The van der Waals surface area contributed by atoms with Gasteiger partial charge in [0.05, 0.1) is 0 Å². The van der Waals surface area contributed by atoms with E-state index >= 15 is 0 Å². The van der Waals surface area contributed by atoms with Gasteiger partial charge >= 0.3 is 0 Å². The van der Waals surface area contributed by atoms with Gasteiger partial charge in [-0.25, -0.2) is 0 Å². The maximum Gasteiger partial charge on any atom is 0.0165 e. The Morgan fingerprint density at radius 1 is 0.393 bits per heavy atom. The van der Waals surface area contributed by atoms with Crippen molar-refractivity contribution in [3.63, 3.8) is 0 Å². The van der Waals surface area contributed by atoms with Crippen LogP contribution in [0.1, 0.15) is 87.4 Å². The molecule has 0 bridgehead atoms. The highest BCUT2D eigenvalue weighted by atomic mass is 32.1. The molecule has 0 nitrogen and oxygen atoms in total. The second kappa shape index (κ2) is 11.4. The van der Waals surface area contributed by atoms with Gasteiger partial charge < -0.3 is 0 Å². The molecule has 0 unspecified atom stereocenters. The SMILES string of the molecule is CCc1ccc(-c2c3ccccc3c(-c3ccc(S)cc3)c3cc4c(cc23)C(C)(C)c2c3c(c5c(c2-4)C(C)(C)c2ccccc2-5)C(C)(C)c2ccccc2-3)cc1. The number of rotatable bonds is 3. The van der Waals surface area contributed by atoms with E-state index in [1.54, 1.807) is 0 Å². The van der Waals surface area contributed by atoms with Gasteiger partial charge in [-0.05, 0) is 147 Å². The zero-order valence-corrected chi connectivity index (χ0v) is 34.3. The van der Waals surface area contributed by atoms with Gasteiger partial charge in [0.2, 0.25) is 0 Å². The fourth-order valence-electron chi connectivity index (χ4n) is 11.4. The number of hydrogen-bond acceptors (Lipinski definition) is 1. The van der Waals surface area contributed by atoms with Crippen LogP contribution in [0.4, 0.5) is 0 Å².